The summed E-state index contributed by atoms with van der Waals surface area (Å²) in [6, 6.07) is 7.33. The quantitative estimate of drug-likeness (QED) is 0.173. The molecule has 0 saturated carbocycles. The smallest absolute Gasteiger partial charge is 0.255 e. The lowest BCUT2D eigenvalue weighted by Crippen LogP contribution is -2.55. The van der Waals surface area contributed by atoms with E-state index in [1.807, 2.05) is 6.07 Å². The van der Waals surface area contributed by atoms with Crippen LogP contribution >= 0.6 is 0 Å². The number of benzene rings is 2. The van der Waals surface area contributed by atoms with Gasteiger partial charge < -0.3 is 15.4 Å². The van der Waals surface area contributed by atoms with Crippen LogP contribution < -0.4 is 5.73 Å². The summed E-state index contributed by atoms with van der Waals surface area (Å²) in [5.41, 5.74) is 6.70. The molecule has 2 heterocycles. The van der Waals surface area contributed by atoms with Crippen LogP contribution in [0.25, 0.3) is 0 Å². The molecule has 1 unspecified atom stereocenters. The van der Waals surface area contributed by atoms with Crippen molar-refractivity contribution in [3.8, 4) is 11.8 Å². The maximum absolute atomic E-state index is 14.2. The van der Waals surface area contributed by atoms with E-state index in [-0.39, 0.29) is 55.5 Å². The van der Waals surface area contributed by atoms with Gasteiger partial charge in [0.05, 0.1) is 0 Å². The van der Waals surface area contributed by atoms with E-state index in [9.17, 15) is 28.0 Å². The zero-order valence-electron chi connectivity index (χ0n) is 24.8. The molecular formula is C32H37F2N3O5Si. The first-order chi connectivity index (χ1) is 20.4. The van der Waals surface area contributed by atoms with Gasteiger partial charge in [-0.05, 0) is 61.6 Å². The Kier molecular flexibility index (Phi) is 10.1. The molecule has 0 bridgehead atoms. The molecule has 2 aromatic rings. The second-order valence-electron chi connectivity index (χ2n) is 12.1. The largest absolute Gasteiger partial charge is 0.366 e. The summed E-state index contributed by atoms with van der Waals surface area (Å²) in [4.78, 5) is 53.0. The number of rotatable bonds is 11. The van der Waals surface area contributed by atoms with E-state index in [0.717, 1.165) is 28.6 Å². The molecule has 4 rings (SSSR count). The maximum atomic E-state index is 14.2. The summed E-state index contributed by atoms with van der Waals surface area (Å²) in [6.45, 7) is 7.25. The third-order valence-electron chi connectivity index (χ3n) is 7.70. The highest BCUT2D eigenvalue weighted by Gasteiger charge is 2.43. The molecule has 2 aromatic carbocycles. The Bertz CT molecular complexity index is 1470. The van der Waals surface area contributed by atoms with Crippen molar-refractivity contribution in [3.05, 3.63) is 69.8 Å². The van der Waals surface area contributed by atoms with E-state index in [2.05, 4.69) is 31.5 Å². The van der Waals surface area contributed by atoms with E-state index in [4.69, 9.17) is 10.5 Å². The number of primary amides is 1. The van der Waals surface area contributed by atoms with Gasteiger partial charge in [-0.25, -0.2) is 8.78 Å². The van der Waals surface area contributed by atoms with Crippen LogP contribution in [0.15, 0.2) is 30.3 Å². The maximum Gasteiger partial charge on any atom is 0.255 e. The van der Waals surface area contributed by atoms with Crippen molar-refractivity contribution >= 4 is 31.7 Å². The van der Waals surface area contributed by atoms with Crippen LogP contribution in [-0.4, -0.2) is 60.9 Å². The fourth-order valence-corrected chi connectivity index (χ4v) is 5.92. The molecule has 2 aliphatic heterocycles. The normalized spacial score (nSPS) is 16.8. The lowest BCUT2D eigenvalue weighted by atomic mass is 10.0. The number of unbranched alkanes of at least 4 members (excludes halogenated alkanes) is 2. The van der Waals surface area contributed by atoms with Gasteiger partial charge in [0.1, 0.15) is 24.4 Å². The number of hydrogen-bond acceptors (Lipinski definition) is 5. The van der Waals surface area contributed by atoms with E-state index in [1.54, 1.807) is 12.1 Å². The summed E-state index contributed by atoms with van der Waals surface area (Å²) in [5, 5.41) is 0. The number of carbonyl (C=O) groups excluding carboxylic acids is 4. The zero-order valence-corrected chi connectivity index (χ0v) is 25.8. The summed E-state index contributed by atoms with van der Waals surface area (Å²) >= 11 is 0. The van der Waals surface area contributed by atoms with E-state index < -0.39 is 37.6 Å². The lowest BCUT2D eigenvalue weighted by molar-refractivity contribution is -0.158. The summed E-state index contributed by atoms with van der Waals surface area (Å²) in [6.07, 6.45) is 2.11. The van der Waals surface area contributed by atoms with Gasteiger partial charge in [0.2, 0.25) is 11.8 Å². The number of halogens is 2. The molecule has 1 saturated heterocycles. The molecular weight excluding hydrogens is 572 g/mol. The van der Waals surface area contributed by atoms with Crippen molar-refractivity contribution in [1.82, 2.24) is 9.80 Å². The first-order valence-corrected chi connectivity index (χ1v) is 18.2. The van der Waals surface area contributed by atoms with Crippen molar-refractivity contribution in [3.63, 3.8) is 0 Å². The first-order valence-electron chi connectivity index (χ1n) is 14.5. The number of ether oxygens (including phenoxy) is 1. The number of piperidine rings is 1. The van der Waals surface area contributed by atoms with Gasteiger partial charge in [-0.15, -0.1) is 0 Å². The summed E-state index contributed by atoms with van der Waals surface area (Å²) in [7, 11) is -1.32. The first kappa shape index (κ1) is 32.0. The Morgan fingerprint density at radius 1 is 1.12 bits per heavy atom. The topological polar surface area (TPSA) is 110 Å². The van der Waals surface area contributed by atoms with Crippen LogP contribution in [0, 0.1) is 23.5 Å². The number of amides is 4. The Balaban J connectivity index is 1.35. The molecule has 11 heteroatoms. The minimum atomic E-state index is -1.32. The average molecular weight is 610 g/mol. The predicted molar refractivity (Wildman–Crippen MR) is 159 cm³/mol. The summed E-state index contributed by atoms with van der Waals surface area (Å²) in [5.74, 6) is 2.72. The molecule has 0 aliphatic carbocycles. The van der Waals surface area contributed by atoms with Gasteiger partial charge in [0.25, 0.3) is 11.8 Å². The third kappa shape index (κ3) is 7.75. The van der Waals surface area contributed by atoms with Crippen LogP contribution in [0.2, 0.25) is 25.7 Å². The van der Waals surface area contributed by atoms with Crippen molar-refractivity contribution in [2.75, 3.05) is 13.3 Å². The molecule has 0 aromatic heterocycles. The van der Waals surface area contributed by atoms with E-state index in [0.29, 0.717) is 37.0 Å². The molecule has 0 spiro atoms. The Morgan fingerprint density at radius 3 is 2.51 bits per heavy atom. The monoisotopic (exact) mass is 609 g/mol. The molecule has 1 atom stereocenters. The molecule has 2 N–H and O–H groups in total. The number of imide groups is 1. The standard InChI is InChI=1S/C32H37F2N3O5Si/c1-43(2,3)16-15-42-20-37-29(38)14-13-28(32(37)41)36-19-25-21(10-8-12-23(25)31(36)40)9-6-4-5-7-11-24-26(33)17-22(30(35)39)18-27(24)34/h8,10,12,17-18,28H,4-5,7,11,13-16,19-20H2,1-3H3,(H2,35,39). The number of hydrogen-bond donors (Lipinski definition) is 1. The predicted octanol–water partition coefficient (Wildman–Crippen LogP) is 4.61. The highest BCUT2D eigenvalue weighted by atomic mass is 28.3. The Morgan fingerprint density at radius 2 is 1.84 bits per heavy atom. The van der Waals surface area contributed by atoms with Gasteiger partial charge >= 0.3 is 0 Å². The molecule has 228 valence electrons. The number of carbonyl (C=O) groups is 4. The van der Waals surface area contributed by atoms with Crippen LogP contribution in [0.1, 0.15) is 69.5 Å². The number of nitrogens with two attached hydrogens (primary N) is 1. The second-order valence-corrected chi connectivity index (χ2v) is 17.7. The van der Waals surface area contributed by atoms with Crippen molar-refractivity contribution in [2.45, 2.75) is 76.8 Å². The molecule has 8 nitrogen and oxygen atoms in total. The van der Waals surface area contributed by atoms with Gasteiger partial charge in [-0.1, -0.05) is 37.5 Å². The van der Waals surface area contributed by atoms with Crippen molar-refractivity contribution < 1.29 is 32.7 Å². The van der Waals surface area contributed by atoms with Crippen molar-refractivity contribution in [2.24, 2.45) is 5.73 Å². The minimum absolute atomic E-state index is 0.0897. The van der Waals surface area contributed by atoms with E-state index in [1.165, 1.54) is 4.90 Å². The van der Waals surface area contributed by atoms with Crippen LogP contribution in [0.5, 0.6) is 0 Å². The molecule has 0 radical (unpaired) electrons. The van der Waals surface area contributed by atoms with Crippen LogP contribution in [0.4, 0.5) is 8.78 Å². The van der Waals surface area contributed by atoms with E-state index >= 15 is 0 Å². The molecule has 4 amide bonds. The number of likely N-dealkylation sites (tertiary alicyclic amines) is 1. The molecule has 1 fully saturated rings. The number of fused-ring (bicyclic) bond motifs is 1. The van der Waals surface area contributed by atoms with Gasteiger partial charge in [0, 0.05) is 56.3 Å². The fraction of sp³-hybridized carbons (Fsp3) is 0.438. The second kappa shape index (κ2) is 13.6. The van der Waals surface area contributed by atoms with Crippen molar-refractivity contribution in [1.29, 1.82) is 0 Å². The van der Waals surface area contributed by atoms with Crippen LogP contribution in [-0.2, 0) is 27.3 Å². The SMILES string of the molecule is C[Si](C)(C)CCOCN1C(=O)CCC(N2Cc3c(C#CCCCCc4c(F)cc(C(N)=O)cc4F)cccc3C2=O)C1=O. The fourth-order valence-electron chi connectivity index (χ4n) is 5.16. The third-order valence-corrected chi connectivity index (χ3v) is 9.40. The highest BCUT2D eigenvalue weighted by molar-refractivity contribution is 6.76. The highest BCUT2D eigenvalue weighted by Crippen LogP contribution is 2.31. The average Bonchev–Trinajstić information content (AvgIpc) is 3.27. The Hall–Kier alpha value is -3.88. The van der Waals surface area contributed by atoms with Gasteiger partial charge in [0.15, 0.2) is 0 Å². The molecule has 43 heavy (non-hydrogen) atoms. The van der Waals surface area contributed by atoms with Gasteiger partial charge in [-0.3, -0.25) is 24.1 Å². The van der Waals surface area contributed by atoms with Gasteiger partial charge in [-0.2, -0.15) is 0 Å². The number of nitrogens with zero attached hydrogens (tertiary/aromatic N) is 2. The zero-order chi connectivity index (χ0) is 31.3. The minimum Gasteiger partial charge on any atom is -0.366 e. The van der Waals surface area contributed by atoms with Crippen LogP contribution in [0.3, 0.4) is 0 Å². The summed E-state index contributed by atoms with van der Waals surface area (Å²) < 4.78 is 34.1. The molecule has 2 aliphatic rings. The Labute approximate surface area is 251 Å². The lowest BCUT2D eigenvalue weighted by Gasteiger charge is -2.35.